The number of rotatable bonds is 4. The molecule has 2 aromatic heterocycles. The molecule has 2 fully saturated rings. The molecule has 0 spiro atoms. The van der Waals surface area contributed by atoms with E-state index in [0.717, 1.165) is 18.4 Å². The van der Waals surface area contributed by atoms with Crippen LogP contribution in [-0.4, -0.2) is 38.7 Å². The van der Waals surface area contributed by atoms with Crippen molar-refractivity contribution in [2.45, 2.75) is 59.1 Å². The van der Waals surface area contributed by atoms with Crippen LogP contribution in [0.2, 0.25) is 0 Å². The van der Waals surface area contributed by atoms with Crippen LogP contribution in [0.15, 0.2) is 29.2 Å². The number of likely N-dealkylation sites (tertiary alicyclic amines) is 1. The first kappa shape index (κ1) is 20.6. The lowest BCUT2D eigenvalue weighted by molar-refractivity contribution is -0.149. The fourth-order valence-corrected chi connectivity index (χ4v) is 4.80. The molecule has 2 aromatic rings. The van der Waals surface area contributed by atoms with Crippen LogP contribution in [0.1, 0.15) is 50.8 Å². The Labute approximate surface area is 176 Å². The summed E-state index contributed by atoms with van der Waals surface area (Å²) in [5, 5.41) is 0. The van der Waals surface area contributed by atoms with Gasteiger partial charge in [-0.3, -0.25) is 18.8 Å². The maximum absolute atomic E-state index is 12.6. The van der Waals surface area contributed by atoms with Crippen molar-refractivity contribution in [1.82, 2.24) is 14.3 Å². The first-order valence-electron chi connectivity index (χ1n) is 10.8. The van der Waals surface area contributed by atoms with Gasteiger partial charge in [-0.1, -0.05) is 32.8 Å². The average molecular weight is 412 g/mol. The van der Waals surface area contributed by atoms with Gasteiger partial charge in [0.2, 0.25) is 5.91 Å². The summed E-state index contributed by atoms with van der Waals surface area (Å²) in [6.07, 6.45) is 5.25. The average Bonchev–Trinajstić information content (AvgIpc) is 3.10. The first-order chi connectivity index (χ1) is 14.3. The molecule has 2 aliphatic rings. The van der Waals surface area contributed by atoms with Gasteiger partial charge in [0.1, 0.15) is 12.3 Å². The zero-order valence-corrected chi connectivity index (χ0v) is 17.8. The number of nitrogens with zero attached hydrogens (tertiary/aromatic N) is 3. The lowest BCUT2D eigenvalue weighted by Gasteiger charge is -2.39. The first-order valence-corrected chi connectivity index (χ1v) is 10.8. The molecule has 1 aliphatic carbocycles. The van der Waals surface area contributed by atoms with Crippen molar-refractivity contribution in [2.24, 2.45) is 17.8 Å². The standard InChI is InChI=1S/C23H29N3O4/c1-14-7-8-20-24-18(10-22(28)26(20)11-14)13-30-23(29)17-9-21(27)25(12-17)19-6-4-5-15(2)16(19)3/h7-8,10-11,15-17,19H,4-6,9,12-13H2,1-3H3/t15-,16-,17+,19+/m0/s1. The molecule has 1 aliphatic heterocycles. The molecule has 30 heavy (non-hydrogen) atoms. The van der Waals surface area contributed by atoms with Crippen LogP contribution in [0.25, 0.3) is 5.65 Å². The number of fused-ring (bicyclic) bond motifs is 1. The van der Waals surface area contributed by atoms with Gasteiger partial charge in [0, 0.05) is 31.3 Å². The molecule has 1 amide bonds. The molecule has 4 rings (SSSR count). The molecule has 7 heteroatoms. The predicted molar refractivity (Wildman–Crippen MR) is 112 cm³/mol. The molecule has 160 valence electrons. The predicted octanol–water partition coefficient (Wildman–Crippen LogP) is 2.72. The summed E-state index contributed by atoms with van der Waals surface area (Å²) in [6.45, 7) is 6.71. The third kappa shape index (κ3) is 3.98. The number of carbonyl (C=O) groups is 2. The summed E-state index contributed by atoms with van der Waals surface area (Å²) in [7, 11) is 0. The van der Waals surface area contributed by atoms with E-state index in [9.17, 15) is 14.4 Å². The zero-order valence-electron chi connectivity index (χ0n) is 17.8. The largest absolute Gasteiger partial charge is 0.459 e. The van der Waals surface area contributed by atoms with Crippen LogP contribution in [0, 0.1) is 24.7 Å². The van der Waals surface area contributed by atoms with Gasteiger partial charge < -0.3 is 9.64 Å². The van der Waals surface area contributed by atoms with Crippen molar-refractivity contribution in [3.8, 4) is 0 Å². The summed E-state index contributed by atoms with van der Waals surface area (Å²) in [4.78, 5) is 43.8. The van der Waals surface area contributed by atoms with Crippen LogP contribution >= 0.6 is 0 Å². The van der Waals surface area contributed by atoms with Gasteiger partial charge in [-0.25, -0.2) is 4.98 Å². The minimum Gasteiger partial charge on any atom is -0.459 e. The summed E-state index contributed by atoms with van der Waals surface area (Å²) >= 11 is 0. The van der Waals surface area contributed by atoms with Gasteiger partial charge >= 0.3 is 5.97 Å². The van der Waals surface area contributed by atoms with E-state index in [2.05, 4.69) is 18.8 Å². The molecular weight excluding hydrogens is 382 g/mol. The Kier molecular flexibility index (Phi) is 5.62. The molecular formula is C23H29N3O4. The van der Waals surface area contributed by atoms with E-state index >= 15 is 0 Å². The molecule has 3 heterocycles. The Morgan fingerprint density at radius 1 is 1.23 bits per heavy atom. The molecule has 0 radical (unpaired) electrons. The van der Waals surface area contributed by atoms with E-state index in [1.165, 1.54) is 16.9 Å². The van der Waals surface area contributed by atoms with Crippen molar-refractivity contribution < 1.29 is 14.3 Å². The zero-order chi connectivity index (χ0) is 21.4. The number of aromatic nitrogens is 2. The Bertz CT molecular complexity index is 1030. The normalized spacial score (nSPS) is 26.9. The van der Waals surface area contributed by atoms with Gasteiger partial charge in [-0.05, 0) is 36.8 Å². The number of amides is 1. The fourth-order valence-electron chi connectivity index (χ4n) is 4.80. The topological polar surface area (TPSA) is 81.0 Å². The SMILES string of the molecule is Cc1ccc2nc(COC(=O)[C@@H]3CC(=O)N([C@@H]4CCC[C@H](C)[C@@H]4C)C3)cc(=O)n2c1. The van der Waals surface area contributed by atoms with Gasteiger partial charge in [0.25, 0.3) is 5.56 Å². The second-order valence-electron chi connectivity index (χ2n) is 8.91. The minimum atomic E-state index is -0.453. The highest BCUT2D eigenvalue weighted by atomic mass is 16.5. The lowest BCUT2D eigenvalue weighted by Crippen LogP contribution is -2.45. The number of hydrogen-bond acceptors (Lipinski definition) is 5. The highest BCUT2D eigenvalue weighted by molar-refractivity contribution is 5.87. The van der Waals surface area contributed by atoms with Crippen LogP contribution in [0.3, 0.4) is 0 Å². The molecule has 0 aromatic carbocycles. The van der Waals surface area contributed by atoms with Gasteiger partial charge in [0.05, 0.1) is 11.6 Å². The number of esters is 1. The van der Waals surface area contributed by atoms with Crippen molar-refractivity contribution >= 4 is 17.5 Å². The smallest absolute Gasteiger partial charge is 0.311 e. The molecule has 1 saturated heterocycles. The van der Waals surface area contributed by atoms with Crippen LogP contribution in [0.5, 0.6) is 0 Å². The van der Waals surface area contributed by atoms with E-state index in [0.29, 0.717) is 29.7 Å². The minimum absolute atomic E-state index is 0.0420. The second kappa shape index (κ2) is 8.20. The highest BCUT2D eigenvalue weighted by Gasteiger charge is 2.42. The van der Waals surface area contributed by atoms with Crippen molar-refractivity contribution in [3.05, 3.63) is 46.0 Å². The summed E-state index contributed by atoms with van der Waals surface area (Å²) in [5.74, 6) is 0.222. The van der Waals surface area contributed by atoms with Gasteiger partial charge in [-0.2, -0.15) is 0 Å². The maximum Gasteiger partial charge on any atom is 0.311 e. The Morgan fingerprint density at radius 3 is 2.83 bits per heavy atom. The number of pyridine rings is 1. The quantitative estimate of drug-likeness (QED) is 0.723. The van der Waals surface area contributed by atoms with Gasteiger partial charge in [-0.15, -0.1) is 0 Å². The Balaban J connectivity index is 1.40. The Morgan fingerprint density at radius 2 is 2.03 bits per heavy atom. The van der Waals surface area contributed by atoms with Crippen LogP contribution in [0.4, 0.5) is 0 Å². The fraction of sp³-hybridized carbons (Fsp3) is 0.565. The summed E-state index contributed by atoms with van der Waals surface area (Å²) in [5.41, 5.74) is 1.68. The van der Waals surface area contributed by atoms with Crippen molar-refractivity contribution in [2.75, 3.05) is 6.54 Å². The number of hydrogen-bond donors (Lipinski definition) is 0. The number of carbonyl (C=O) groups excluding carboxylic acids is 2. The van der Waals surface area contributed by atoms with Crippen molar-refractivity contribution in [1.29, 1.82) is 0 Å². The Hall–Kier alpha value is -2.70. The number of aryl methyl sites for hydroxylation is 1. The third-order valence-electron chi connectivity index (χ3n) is 6.78. The van der Waals surface area contributed by atoms with E-state index in [-0.39, 0.29) is 30.5 Å². The van der Waals surface area contributed by atoms with Crippen LogP contribution in [-0.2, 0) is 20.9 Å². The van der Waals surface area contributed by atoms with E-state index in [4.69, 9.17) is 4.74 Å². The second-order valence-corrected chi connectivity index (χ2v) is 8.91. The van der Waals surface area contributed by atoms with E-state index in [1.807, 2.05) is 17.9 Å². The molecule has 0 N–H and O–H groups in total. The maximum atomic E-state index is 12.6. The van der Waals surface area contributed by atoms with Gasteiger partial charge in [0.15, 0.2) is 0 Å². The summed E-state index contributed by atoms with van der Waals surface area (Å²) in [6, 6.07) is 5.24. The van der Waals surface area contributed by atoms with Crippen molar-refractivity contribution in [3.63, 3.8) is 0 Å². The molecule has 4 atom stereocenters. The van der Waals surface area contributed by atoms with E-state index < -0.39 is 11.9 Å². The molecule has 0 bridgehead atoms. The molecule has 7 nitrogen and oxygen atoms in total. The summed E-state index contributed by atoms with van der Waals surface area (Å²) < 4.78 is 6.92. The van der Waals surface area contributed by atoms with E-state index in [1.54, 1.807) is 12.3 Å². The monoisotopic (exact) mass is 411 g/mol. The van der Waals surface area contributed by atoms with Crippen LogP contribution < -0.4 is 5.56 Å². The molecule has 0 unspecified atom stereocenters. The highest BCUT2D eigenvalue weighted by Crippen LogP contribution is 2.35. The third-order valence-corrected chi connectivity index (χ3v) is 6.78. The lowest BCUT2D eigenvalue weighted by atomic mass is 9.77. The molecule has 1 saturated carbocycles. The number of ether oxygens (including phenoxy) is 1.